The number of nitrogens with zero attached hydrogens (tertiary/aromatic N) is 2. The van der Waals surface area contributed by atoms with Crippen LogP contribution >= 0.6 is 0 Å². The monoisotopic (exact) mass is 645 g/mol. The van der Waals surface area contributed by atoms with E-state index in [1.807, 2.05) is 0 Å². The molecule has 46 heavy (non-hydrogen) atoms. The van der Waals surface area contributed by atoms with E-state index in [-0.39, 0.29) is 0 Å². The summed E-state index contributed by atoms with van der Waals surface area (Å²) in [4.78, 5) is 0. The van der Waals surface area contributed by atoms with Gasteiger partial charge in [-0.2, -0.15) is 0 Å². The predicted octanol–water partition coefficient (Wildman–Crippen LogP) is 11.5. The summed E-state index contributed by atoms with van der Waals surface area (Å²) < 4.78 is 5.32. The highest BCUT2D eigenvalue weighted by Crippen LogP contribution is 2.15. The molecule has 0 aromatic carbocycles. The summed E-state index contributed by atoms with van der Waals surface area (Å²) in [6.45, 7) is 11.7. The molecule has 2 aliphatic rings. The molecule has 0 amide bonds. The molecule has 2 N–H and O–H groups in total. The summed E-state index contributed by atoms with van der Waals surface area (Å²) in [5.41, 5.74) is 0. The lowest BCUT2D eigenvalue weighted by Crippen LogP contribution is -2.30. The van der Waals surface area contributed by atoms with Crippen LogP contribution in [0, 0.1) is 0 Å². The van der Waals surface area contributed by atoms with Crippen molar-refractivity contribution in [3.8, 4) is 0 Å². The Hall–Kier alpha value is -1.06. The Balaban J connectivity index is 1.42. The molecule has 0 saturated carbocycles. The molecular formula is C42H84N4+2. The summed E-state index contributed by atoms with van der Waals surface area (Å²) in [7, 11) is 0. The van der Waals surface area contributed by atoms with Crippen molar-refractivity contribution >= 4 is 11.7 Å². The minimum atomic E-state index is 1.14. The summed E-state index contributed by atoms with van der Waals surface area (Å²) >= 11 is 0. The van der Waals surface area contributed by atoms with Crippen LogP contribution in [0.4, 0.5) is 0 Å². The van der Waals surface area contributed by atoms with Crippen LogP contribution in [0.2, 0.25) is 0 Å². The van der Waals surface area contributed by atoms with Gasteiger partial charge in [0.2, 0.25) is 11.7 Å². The highest BCUT2D eigenvalue weighted by molar-refractivity contribution is 5.78. The Morgan fingerprint density at radius 2 is 0.587 bits per heavy atom. The number of rotatable bonds is 35. The van der Waals surface area contributed by atoms with Gasteiger partial charge in [0.1, 0.15) is 39.3 Å². The van der Waals surface area contributed by atoms with E-state index in [4.69, 9.17) is 0 Å². The van der Waals surface area contributed by atoms with Crippen LogP contribution in [0.5, 0.6) is 0 Å². The van der Waals surface area contributed by atoms with Gasteiger partial charge in [-0.05, 0) is 12.8 Å². The first-order chi connectivity index (χ1) is 22.8. The van der Waals surface area contributed by atoms with Gasteiger partial charge in [0.05, 0.1) is 0 Å². The van der Waals surface area contributed by atoms with Crippen molar-refractivity contribution in [3.05, 3.63) is 0 Å². The lowest BCUT2D eigenvalue weighted by molar-refractivity contribution is -0.590. The number of nitrogens with one attached hydrogen (secondary N) is 2. The van der Waals surface area contributed by atoms with Crippen LogP contribution in [0.3, 0.4) is 0 Å². The average Bonchev–Trinajstić information content (AvgIpc) is 3.72. The minimum Gasteiger partial charge on any atom is -0.274 e. The summed E-state index contributed by atoms with van der Waals surface area (Å²) in [6, 6.07) is 0. The zero-order valence-corrected chi connectivity index (χ0v) is 31.8. The van der Waals surface area contributed by atoms with Crippen molar-refractivity contribution in [2.24, 2.45) is 0 Å². The molecule has 0 saturated heterocycles. The number of unbranched alkanes of at least 4 members (excludes halogenated alkanes) is 28. The lowest BCUT2D eigenvalue weighted by Gasteiger charge is -2.07. The summed E-state index contributed by atoms with van der Waals surface area (Å²) in [5, 5.41) is 7.46. The lowest BCUT2D eigenvalue weighted by atomic mass is 10.0. The maximum atomic E-state index is 3.73. The minimum absolute atomic E-state index is 1.14. The normalized spacial score (nSPS) is 14.9. The van der Waals surface area contributed by atoms with E-state index in [0.29, 0.717) is 0 Å². The average molecular weight is 645 g/mol. The van der Waals surface area contributed by atoms with Crippen molar-refractivity contribution in [2.75, 3.05) is 39.3 Å². The van der Waals surface area contributed by atoms with Crippen molar-refractivity contribution in [2.45, 2.75) is 219 Å². The largest absolute Gasteiger partial charge is 0.274 e. The molecule has 2 rings (SSSR count). The van der Waals surface area contributed by atoms with Gasteiger partial charge in [-0.3, -0.25) is 19.8 Å². The van der Waals surface area contributed by atoms with E-state index < -0.39 is 0 Å². The first-order valence-electron chi connectivity index (χ1n) is 21.5. The van der Waals surface area contributed by atoms with Gasteiger partial charge in [-0.1, -0.05) is 194 Å². The van der Waals surface area contributed by atoms with Gasteiger partial charge in [0.25, 0.3) is 0 Å². The summed E-state index contributed by atoms with van der Waals surface area (Å²) in [6.07, 6.45) is 45.8. The molecule has 0 fully saturated rings. The Morgan fingerprint density at radius 1 is 0.348 bits per heavy atom. The molecule has 4 heteroatoms. The van der Waals surface area contributed by atoms with Crippen LogP contribution in [-0.2, 0) is 0 Å². The molecule has 2 heterocycles. The molecule has 0 aliphatic carbocycles. The predicted molar refractivity (Wildman–Crippen MR) is 205 cm³/mol. The van der Waals surface area contributed by atoms with Crippen molar-refractivity contribution in [1.29, 1.82) is 0 Å². The third kappa shape index (κ3) is 22.5. The second-order valence-electron chi connectivity index (χ2n) is 15.1. The first kappa shape index (κ1) is 41.1. The highest BCUT2D eigenvalue weighted by Gasteiger charge is 2.24. The number of hydrogen-bond acceptors (Lipinski definition) is 2. The second-order valence-corrected chi connectivity index (χ2v) is 15.1. The molecule has 4 nitrogen and oxygen atoms in total. The maximum absolute atomic E-state index is 3.73. The molecule has 0 aromatic heterocycles. The fourth-order valence-corrected chi connectivity index (χ4v) is 7.72. The van der Waals surface area contributed by atoms with Crippen LogP contribution in [0.15, 0.2) is 0 Å². The molecule has 0 radical (unpaired) electrons. The molecule has 0 atom stereocenters. The van der Waals surface area contributed by atoms with Crippen LogP contribution < -0.4 is 10.6 Å². The third-order valence-electron chi connectivity index (χ3n) is 10.9. The van der Waals surface area contributed by atoms with Crippen LogP contribution in [0.1, 0.15) is 219 Å². The Kier molecular flexibility index (Phi) is 27.9. The third-order valence-corrected chi connectivity index (χ3v) is 10.9. The second kappa shape index (κ2) is 31.2. The molecule has 0 bridgehead atoms. The van der Waals surface area contributed by atoms with Gasteiger partial charge in [0, 0.05) is 12.8 Å². The zero-order chi connectivity index (χ0) is 32.6. The van der Waals surface area contributed by atoms with Gasteiger partial charge >= 0.3 is 0 Å². The number of amidine groups is 2. The van der Waals surface area contributed by atoms with E-state index in [1.165, 1.54) is 243 Å². The number of hydrogen-bond donors (Lipinski definition) is 2. The Bertz CT molecular complexity index is 680. The van der Waals surface area contributed by atoms with E-state index in [2.05, 4.69) is 33.6 Å². The van der Waals surface area contributed by atoms with Crippen LogP contribution in [-0.4, -0.2) is 60.1 Å². The van der Waals surface area contributed by atoms with Gasteiger partial charge in [-0.15, -0.1) is 0 Å². The van der Waals surface area contributed by atoms with Gasteiger partial charge in [0.15, 0.2) is 0 Å². The summed E-state index contributed by atoms with van der Waals surface area (Å²) in [5.74, 6) is 3.07. The SMILES string of the molecule is CCCCCCCCCCCCCCCCCC1=[N+](CC[N+]2=C(CCCCCCCCCCCCCCCCC)NCC2)CCN1. The fourth-order valence-electron chi connectivity index (χ4n) is 7.72. The smallest absolute Gasteiger partial charge is 0.245 e. The first-order valence-corrected chi connectivity index (χ1v) is 21.5. The maximum Gasteiger partial charge on any atom is 0.245 e. The molecule has 0 spiro atoms. The highest BCUT2D eigenvalue weighted by atomic mass is 15.2. The molecule has 0 aromatic rings. The van der Waals surface area contributed by atoms with Crippen molar-refractivity contribution in [1.82, 2.24) is 10.6 Å². The Labute approximate surface area is 289 Å². The topological polar surface area (TPSA) is 30.1 Å². The van der Waals surface area contributed by atoms with Crippen LogP contribution in [0.25, 0.3) is 0 Å². The van der Waals surface area contributed by atoms with E-state index in [9.17, 15) is 0 Å². The van der Waals surface area contributed by atoms with Crippen molar-refractivity contribution in [3.63, 3.8) is 0 Å². The van der Waals surface area contributed by atoms with Gasteiger partial charge in [-0.25, -0.2) is 0 Å². The quantitative estimate of drug-likeness (QED) is 0.0531. The van der Waals surface area contributed by atoms with E-state index >= 15 is 0 Å². The van der Waals surface area contributed by atoms with E-state index in [1.54, 1.807) is 0 Å². The van der Waals surface area contributed by atoms with Crippen molar-refractivity contribution < 1.29 is 9.15 Å². The molecule has 270 valence electrons. The Morgan fingerprint density at radius 3 is 0.848 bits per heavy atom. The van der Waals surface area contributed by atoms with E-state index in [0.717, 1.165) is 13.1 Å². The van der Waals surface area contributed by atoms with Gasteiger partial charge < -0.3 is 0 Å². The molecule has 0 unspecified atom stereocenters. The molecule has 2 aliphatic heterocycles. The molecular weight excluding hydrogens is 560 g/mol. The fraction of sp³-hybridized carbons (Fsp3) is 0.952. The standard InChI is InChI=1S/C42H82N4/c1-3-5-7-9-11-13-15-17-19-21-23-25-27-29-31-33-41-43-35-37-45(41)39-40-46-38-36-44-42(46)34-32-30-28-26-24-22-20-18-16-14-12-10-8-6-4-2/h3-40H2,1-2H3/p+2. The zero-order valence-electron chi connectivity index (χ0n) is 31.8.